The van der Waals surface area contributed by atoms with Crippen LogP contribution in [0.2, 0.25) is 0 Å². The summed E-state index contributed by atoms with van der Waals surface area (Å²) in [4.78, 5) is 0. The molecule has 2 nitrogen and oxygen atoms in total. The lowest BCUT2D eigenvalue weighted by Crippen LogP contribution is -2.55. The minimum Gasteiger partial charge on any atom is -0.314 e. The van der Waals surface area contributed by atoms with Crippen molar-refractivity contribution in [2.24, 2.45) is 0 Å². The van der Waals surface area contributed by atoms with Gasteiger partial charge in [0.1, 0.15) is 5.41 Å². The second kappa shape index (κ2) is 3.12. The summed E-state index contributed by atoms with van der Waals surface area (Å²) in [5.74, 6) is 0. The Balaban J connectivity index is 2.39. The van der Waals surface area contributed by atoms with Crippen molar-refractivity contribution in [3.05, 3.63) is 0 Å². The van der Waals surface area contributed by atoms with Gasteiger partial charge in [-0.25, -0.2) is 4.39 Å². The quantitative estimate of drug-likeness (QED) is 0.537. The molecule has 2 N–H and O–H groups in total. The van der Waals surface area contributed by atoms with Gasteiger partial charge in [0, 0.05) is 19.6 Å². The summed E-state index contributed by atoms with van der Waals surface area (Å²) >= 11 is 0. The van der Waals surface area contributed by atoms with Crippen LogP contribution in [0.5, 0.6) is 0 Å². The van der Waals surface area contributed by atoms with Gasteiger partial charge in [0.05, 0.1) is 6.04 Å². The predicted octanol–water partition coefficient (Wildman–Crippen LogP) is 0.109. The second-order valence-corrected chi connectivity index (χ2v) is 3.99. The molecule has 0 aromatic rings. The standard InChI is InChI=1S/C6H14FN2P/c1-6(7,10)5-4-8-2-3-9-5/h5,8-9H,2-4,10H2,1H3. The molecule has 1 saturated heterocycles. The molecule has 0 spiro atoms. The zero-order valence-electron chi connectivity index (χ0n) is 6.15. The van der Waals surface area contributed by atoms with Crippen LogP contribution in [-0.2, 0) is 0 Å². The number of halogens is 1. The van der Waals surface area contributed by atoms with Gasteiger partial charge in [-0.2, -0.15) is 0 Å². The summed E-state index contributed by atoms with van der Waals surface area (Å²) in [6.07, 6.45) is 0. The predicted molar refractivity (Wildman–Crippen MR) is 43.9 cm³/mol. The normalized spacial score (nSPS) is 33.3. The van der Waals surface area contributed by atoms with Crippen LogP contribution < -0.4 is 10.6 Å². The molecule has 0 aromatic heterocycles. The van der Waals surface area contributed by atoms with Crippen molar-refractivity contribution in [3.63, 3.8) is 0 Å². The third kappa shape index (κ3) is 2.15. The topological polar surface area (TPSA) is 24.1 Å². The smallest absolute Gasteiger partial charge is 0.137 e. The van der Waals surface area contributed by atoms with Crippen molar-refractivity contribution in [2.45, 2.75) is 18.4 Å². The van der Waals surface area contributed by atoms with Crippen LogP contribution in [0.25, 0.3) is 0 Å². The first-order chi connectivity index (χ1) is 4.61. The van der Waals surface area contributed by atoms with Crippen molar-refractivity contribution < 1.29 is 4.39 Å². The molecule has 0 saturated carbocycles. The highest BCUT2D eigenvalue weighted by Crippen LogP contribution is 2.23. The van der Waals surface area contributed by atoms with Crippen molar-refractivity contribution in [1.82, 2.24) is 10.6 Å². The fourth-order valence-corrected chi connectivity index (χ4v) is 1.29. The molecule has 1 heterocycles. The van der Waals surface area contributed by atoms with Crippen molar-refractivity contribution >= 4 is 9.24 Å². The van der Waals surface area contributed by atoms with Crippen LogP contribution in [0.4, 0.5) is 4.39 Å². The molecule has 3 unspecified atom stereocenters. The molecule has 1 fully saturated rings. The molecule has 4 heteroatoms. The summed E-state index contributed by atoms with van der Waals surface area (Å²) < 4.78 is 13.1. The van der Waals surface area contributed by atoms with E-state index in [2.05, 4.69) is 19.9 Å². The van der Waals surface area contributed by atoms with Crippen LogP contribution in [-0.4, -0.2) is 31.1 Å². The summed E-state index contributed by atoms with van der Waals surface area (Å²) in [6, 6.07) is -0.0637. The van der Waals surface area contributed by atoms with E-state index in [4.69, 9.17) is 0 Å². The van der Waals surface area contributed by atoms with E-state index in [-0.39, 0.29) is 6.04 Å². The average molecular weight is 164 g/mol. The molecule has 0 bridgehead atoms. The first-order valence-electron chi connectivity index (χ1n) is 3.52. The third-order valence-electron chi connectivity index (χ3n) is 1.72. The molecule has 1 aliphatic rings. The van der Waals surface area contributed by atoms with Crippen molar-refractivity contribution in [2.75, 3.05) is 19.6 Å². The summed E-state index contributed by atoms with van der Waals surface area (Å²) in [7, 11) is 2.21. The number of rotatable bonds is 1. The molecule has 10 heavy (non-hydrogen) atoms. The molecule has 1 aliphatic heterocycles. The largest absolute Gasteiger partial charge is 0.314 e. The Morgan fingerprint density at radius 1 is 1.60 bits per heavy atom. The number of hydrogen-bond acceptors (Lipinski definition) is 2. The zero-order chi connectivity index (χ0) is 7.61. The Hall–Kier alpha value is 0.280. The van der Waals surface area contributed by atoms with E-state index < -0.39 is 5.41 Å². The molecule has 0 aromatic carbocycles. The van der Waals surface area contributed by atoms with Gasteiger partial charge in [0.25, 0.3) is 0 Å². The lowest BCUT2D eigenvalue weighted by molar-refractivity contribution is 0.211. The van der Waals surface area contributed by atoms with Crippen LogP contribution >= 0.6 is 9.24 Å². The van der Waals surface area contributed by atoms with Gasteiger partial charge in [0.15, 0.2) is 0 Å². The molecule has 60 valence electrons. The van der Waals surface area contributed by atoms with Gasteiger partial charge >= 0.3 is 0 Å². The Morgan fingerprint density at radius 3 is 2.60 bits per heavy atom. The minimum absolute atomic E-state index is 0.0637. The molecular formula is C6H14FN2P. The lowest BCUT2D eigenvalue weighted by atomic mass is 10.1. The highest BCUT2D eigenvalue weighted by atomic mass is 31.0. The highest BCUT2D eigenvalue weighted by molar-refractivity contribution is 7.18. The van der Waals surface area contributed by atoms with Crippen LogP contribution in [0, 0.1) is 0 Å². The van der Waals surface area contributed by atoms with E-state index >= 15 is 0 Å². The maximum absolute atomic E-state index is 13.1. The monoisotopic (exact) mass is 164 g/mol. The van der Waals surface area contributed by atoms with Gasteiger partial charge < -0.3 is 10.6 Å². The van der Waals surface area contributed by atoms with E-state index in [1.165, 1.54) is 0 Å². The minimum atomic E-state index is -1.19. The van der Waals surface area contributed by atoms with Gasteiger partial charge in [0.2, 0.25) is 0 Å². The van der Waals surface area contributed by atoms with Crippen LogP contribution in [0.3, 0.4) is 0 Å². The Morgan fingerprint density at radius 2 is 2.30 bits per heavy atom. The first kappa shape index (κ1) is 8.38. The summed E-state index contributed by atoms with van der Waals surface area (Å²) in [6.45, 7) is 4.09. The molecule has 3 atom stereocenters. The van der Waals surface area contributed by atoms with E-state index in [1.807, 2.05) is 0 Å². The molecular weight excluding hydrogens is 150 g/mol. The highest BCUT2D eigenvalue weighted by Gasteiger charge is 2.29. The van der Waals surface area contributed by atoms with E-state index in [0.29, 0.717) is 0 Å². The zero-order valence-corrected chi connectivity index (χ0v) is 7.31. The SMILES string of the molecule is CC(F)(P)C1CNCCN1. The van der Waals surface area contributed by atoms with Crippen molar-refractivity contribution in [3.8, 4) is 0 Å². The van der Waals surface area contributed by atoms with Crippen molar-refractivity contribution in [1.29, 1.82) is 0 Å². The Bertz CT molecular complexity index is 107. The number of hydrogen-bond donors (Lipinski definition) is 2. The second-order valence-electron chi connectivity index (χ2n) is 2.86. The third-order valence-corrected chi connectivity index (χ3v) is 2.12. The van der Waals surface area contributed by atoms with Gasteiger partial charge in [-0.1, -0.05) is 9.24 Å². The Kier molecular flexibility index (Phi) is 2.61. The van der Waals surface area contributed by atoms with Crippen LogP contribution in [0.15, 0.2) is 0 Å². The maximum Gasteiger partial charge on any atom is 0.137 e. The fraction of sp³-hybridized carbons (Fsp3) is 1.00. The Labute approximate surface area is 63.2 Å². The van der Waals surface area contributed by atoms with Crippen LogP contribution in [0.1, 0.15) is 6.92 Å². The summed E-state index contributed by atoms with van der Waals surface area (Å²) in [5.41, 5.74) is 0. The lowest BCUT2D eigenvalue weighted by Gasteiger charge is -2.31. The summed E-state index contributed by atoms with van der Waals surface area (Å²) in [5, 5.41) is 5.04. The number of nitrogens with one attached hydrogen (secondary N) is 2. The maximum atomic E-state index is 13.1. The molecule has 0 radical (unpaired) electrons. The van der Waals surface area contributed by atoms with E-state index in [0.717, 1.165) is 19.6 Å². The first-order valence-corrected chi connectivity index (χ1v) is 4.10. The average Bonchev–Trinajstić information content (AvgIpc) is 1.88. The number of alkyl halides is 1. The van der Waals surface area contributed by atoms with Gasteiger partial charge in [-0.05, 0) is 6.92 Å². The van der Waals surface area contributed by atoms with E-state index in [1.54, 1.807) is 6.92 Å². The number of piperazine rings is 1. The molecule has 0 amide bonds. The fourth-order valence-electron chi connectivity index (χ4n) is 1.05. The van der Waals surface area contributed by atoms with Gasteiger partial charge in [-0.15, -0.1) is 0 Å². The molecule has 1 rings (SSSR count). The molecule has 0 aliphatic carbocycles. The van der Waals surface area contributed by atoms with E-state index in [9.17, 15) is 4.39 Å². The van der Waals surface area contributed by atoms with Gasteiger partial charge in [-0.3, -0.25) is 0 Å².